The van der Waals surface area contributed by atoms with Gasteiger partial charge in [-0.3, -0.25) is 0 Å². The van der Waals surface area contributed by atoms with Gasteiger partial charge in [0.15, 0.2) is 9.84 Å². The van der Waals surface area contributed by atoms with E-state index in [0.717, 1.165) is 11.3 Å². The number of hydrogen-bond acceptors (Lipinski definition) is 4. The van der Waals surface area contributed by atoms with Crippen molar-refractivity contribution in [2.45, 2.75) is 38.5 Å². The second-order valence-corrected chi connectivity index (χ2v) is 8.27. The summed E-state index contributed by atoms with van der Waals surface area (Å²) in [5, 5.41) is 2.67. The molecule has 0 fully saturated rings. The largest absolute Gasteiger partial charge is 0.497 e. The van der Waals surface area contributed by atoms with Gasteiger partial charge in [-0.1, -0.05) is 26.0 Å². The summed E-state index contributed by atoms with van der Waals surface area (Å²) < 4.78 is 30.1. The van der Waals surface area contributed by atoms with Crippen LogP contribution in [-0.2, 0) is 9.84 Å². The normalized spacial score (nSPS) is 15.0. The maximum Gasteiger partial charge on any atom is 0.154 e. The molecule has 0 aromatic heterocycles. The van der Waals surface area contributed by atoms with Crippen molar-refractivity contribution in [3.8, 4) is 5.75 Å². The molecule has 2 atom stereocenters. The first-order chi connectivity index (χ1) is 9.81. The van der Waals surface area contributed by atoms with Crippen LogP contribution < -0.4 is 10.1 Å². The molecule has 0 amide bonds. The molecule has 1 aromatic carbocycles. The molecule has 0 aliphatic rings. The van der Waals surface area contributed by atoms with Crippen molar-refractivity contribution in [3.63, 3.8) is 0 Å². The molecule has 5 heteroatoms. The molecule has 0 saturated heterocycles. The Kier molecular flexibility index (Phi) is 6.68. The average Bonchev–Trinajstić information content (AvgIpc) is 2.46. The van der Waals surface area contributed by atoms with E-state index < -0.39 is 15.1 Å². The maximum absolute atomic E-state index is 12.5. The van der Waals surface area contributed by atoms with Gasteiger partial charge in [0.25, 0.3) is 0 Å². The van der Waals surface area contributed by atoms with Crippen LogP contribution in [0.2, 0.25) is 0 Å². The van der Waals surface area contributed by atoms with Crippen LogP contribution in [0.15, 0.2) is 24.3 Å². The van der Waals surface area contributed by atoms with Crippen molar-refractivity contribution in [2.24, 2.45) is 5.92 Å². The number of hydrogen-bond donors (Lipinski definition) is 1. The van der Waals surface area contributed by atoms with E-state index >= 15 is 0 Å². The van der Waals surface area contributed by atoms with Gasteiger partial charge in [0.05, 0.1) is 18.1 Å². The summed E-state index contributed by atoms with van der Waals surface area (Å²) in [5.41, 5.74) is 0.957. The Morgan fingerprint density at radius 1 is 1.14 bits per heavy atom. The van der Waals surface area contributed by atoms with E-state index in [-0.39, 0.29) is 11.8 Å². The molecule has 0 bridgehead atoms. The first-order valence-corrected chi connectivity index (χ1v) is 9.06. The van der Waals surface area contributed by atoms with Crippen LogP contribution in [0.4, 0.5) is 0 Å². The lowest BCUT2D eigenvalue weighted by molar-refractivity contribution is 0.414. The third-order valence-corrected chi connectivity index (χ3v) is 6.01. The quantitative estimate of drug-likeness (QED) is 0.802. The van der Waals surface area contributed by atoms with Gasteiger partial charge in [0, 0.05) is 6.04 Å². The van der Waals surface area contributed by atoms with Crippen molar-refractivity contribution >= 4 is 9.84 Å². The molecular formula is C16H27NO3S. The molecule has 1 aromatic rings. The molecule has 0 aliphatic carbocycles. The van der Waals surface area contributed by atoms with Crippen LogP contribution in [-0.4, -0.2) is 33.6 Å². The number of ether oxygens (including phenoxy) is 1. The lowest BCUT2D eigenvalue weighted by atomic mass is 10.0. The molecule has 21 heavy (non-hydrogen) atoms. The first-order valence-electron chi connectivity index (χ1n) is 7.34. The highest BCUT2D eigenvalue weighted by Gasteiger charge is 2.29. The zero-order valence-electron chi connectivity index (χ0n) is 13.6. The van der Waals surface area contributed by atoms with Gasteiger partial charge in [-0.25, -0.2) is 8.42 Å². The molecule has 0 spiro atoms. The summed E-state index contributed by atoms with van der Waals surface area (Å²) >= 11 is 0. The van der Waals surface area contributed by atoms with Gasteiger partial charge >= 0.3 is 0 Å². The van der Waals surface area contributed by atoms with Crippen molar-refractivity contribution in [3.05, 3.63) is 29.8 Å². The van der Waals surface area contributed by atoms with Crippen molar-refractivity contribution in [2.75, 3.05) is 19.9 Å². The second-order valence-electron chi connectivity index (χ2n) is 5.79. The van der Waals surface area contributed by atoms with E-state index in [2.05, 4.69) is 5.32 Å². The van der Waals surface area contributed by atoms with Crippen LogP contribution in [0.1, 0.15) is 38.8 Å². The van der Waals surface area contributed by atoms with E-state index in [0.29, 0.717) is 12.3 Å². The first kappa shape index (κ1) is 18.0. The van der Waals surface area contributed by atoms with Gasteiger partial charge in [0.2, 0.25) is 0 Å². The van der Waals surface area contributed by atoms with Crippen LogP contribution >= 0.6 is 0 Å². The van der Waals surface area contributed by atoms with Crippen LogP contribution in [0.3, 0.4) is 0 Å². The Bertz CT molecular complexity index is 523. The minimum atomic E-state index is -3.12. The summed E-state index contributed by atoms with van der Waals surface area (Å²) in [5.74, 6) is 1.39. The smallest absolute Gasteiger partial charge is 0.154 e. The SMILES string of the molecule is CNC(c1ccc(OC)cc1)C(C)S(=O)(=O)CCC(C)C. The highest BCUT2D eigenvalue weighted by molar-refractivity contribution is 7.92. The van der Waals surface area contributed by atoms with Crippen LogP contribution in [0.25, 0.3) is 0 Å². The monoisotopic (exact) mass is 313 g/mol. The van der Waals surface area contributed by atoms with Gasteiger partial charge in [-0.15, -0.1) is 0 Å². The van der Waals surface area contributed by atoms with E-state index in [4.69, 9.17) is 4.74 Å². The fourth-order valence-corrected chi connectivity index (χ4v) is 4.16. The Labute approximate surface area is 128 Å². The fraction of sp³-hybridized carbons (Fsp3) is 0.625. The zero-order valence-corrected chi connectivity index (χ0v) is 14.4. The molecule has 0 heterocycles. The predicted octanol–water partition coefficient (Wildman–Crippen LogP) is 2.81. The lowest BCUT2D eigenvalue weighted by Crippen LogP contribution is -2.35. The molecule has 1 N–H and O–H groups in total. The molecule has 0 radical (unpaired) electrons. The van der Waals surface area contributed by atoms with Crippen molar-refractivity contribution in [1.82, 2.24) is 5.32 Å². The summed E-state index contributed by atoms with van der Waals surface area (Å²) in [6.45, 7) is 5.86. The zero-order chi connectivity index (χ0) is 16.0. The molecule has 120 valence electrons. The van der Waals surface area contributed by atoms with Crippen LogP contribution in [0.5, 0.6) is 5.75 Å². The molecule has 0 saturated carbocycles. The summed E-state index contributed by atoms with van der Waals surface area (Å²) in [6, 6.07) is 7.32. The van der Waals surface area contributed by atoms with Gasteiger partial charge in [-0.2, -0.15) is 0 Å². The van der Waals surface area contributed by atoms with E-state index in [1.54, 1.807) is 21.1 Å². The number of sulfone groups is 1. The minimum absolute atomic E-state index is 0.215. The summed E-state index contributed by atoms with van der Waals surface area (Å²) in [4.78, 5) is 0. The Morgan fingerprint density at radius 3 is 2.14 bits per heavy atom. The van der Waals surface area contributed by atoms with Gasteiger partial charge in [0.1, 0.15) is 5.75 Å². The Morgan fingerprint density at radius 2 is 1.71 bits per heavy atom. The lowest BCUT2D eigenvalue weighted by Gasteiger charge is -2.24. The third-order valence-electron chi connectivity index (χ3n) is 3.80. The molecular weight excluding hydrogens is 286 g/mol. The predicted molar refractivity (Wildman–Crippen MR) is 87.5 cm³/mol. The Balaban J connectivity index is 2.91. The highest BCUT2D eigenvalue weighted by Crippen LogP contribution is 2.25. The molecule has 4 nitrogen and oxygen atoms in total. The topological polar surface area (TPSA) is 55.4 Å². The van der Waals surface area contributed by atoms with E-state index in [9.17, 15) is 8.42 Å². The third kappa shape index (κ3) is 5.00. The highest BCUT2D eigenvalue weighted by atomic mass is 32.2. The number of nitrogens with one attached hydrogen (secondary N) is 1. The average molecular weight is 313 g/mol. The number of benzene rings is 1. The van der Waals surface area contributed by atoms with Gasteiger partial charge < -0.3 is 10.1 Å². The van der Waals surface area contributed by atoms with E-state index in [1.807, 2.05) is 38.1 Å². The second kappa shape index (κ2) is 7.80. The maximum atomic E-state index is 12.5. The number of methoxy groups -OCH3 is 1. The molecule has 0 aliphatic heterocycles. The van der Waals surface area contributed by atoms with E-state index in [1.165, 1.54) is 0 Å². The van der Waals surface area contributed by atoms with Crippen molar-refractivity contribution < 1.29 is 13.2 Å². The van der Waals surface area contributed by atoms with Crippen molar-refractivity contribution in [1.29, 1.82) is 0 Å². The summed E-state index contributed by atoms with van der Waals surface area (Å²) in [6.07, 6.45) is 0.700. The number of rotatable bonds is 8. The Hall–Kier alpha value is -1.07. The molecule has 2 unspecified atom stereocenters. The fourth-order valence-electron chi connectivity index (χ4n) is 2.28. The minimum Gasteiger partial charge on any atom is -0.497 e. The van der Waals surface area contributed by atoms with Gasteiger partial charge in [-0.05, 0) is 44.0 Å². The van der Waals surface area contributed by atoms with Crippen LogP contribution in [0, 0.1) is 5.92 Å². The molecule has 1 rings (SSSR count). The summed E-state index contributed by atoms with van der Waals surface area (Å²) in [7, 11) is 0.285. The standard InChI is InChI=1S/C16H27NO3S/c1-12(2)10-11-21(18,19)13(3)16(17-4)14-6-8-15(20-5)9-7-14/h6-9,12-13,16-17H,10-11H2,1-5H3.